The second-order valence-corrected chi connectivity index (χ2v) is 4.13. The topological polar surface area (TPSA) is 37.8 Å². The summed E-state index contributed by atoms with van der Waals surface area (Å²) in [7, 11) is 0. The van der Waals surface area contributed by atoms with E-state index in [2.05, 4.69) is 33.5 Å². The number of hydrogen-bond acceptors (Lipinski definition) is 3. The zero-order valence-electron chi connectivity index (χ0n) is 10.3. The van der Waals surface area contributed by atoms with Crippen LogP contribution in [0.2, 0.25) is 0 Å². The summed E-state index contributed by atoms with van der Waals surface area (Å²) >= 11 is 0. The zero-order valence-corrected chi connectivity index (χ0v) is 10.3. The van der Waals surface area contributed by atoms with E-state index in [0.717, 1.165) is 22.6 Å². The standard InChI is InChI=1S/C16H13N3/c1-2-6-13(7-3-1)15-9-5-11-18-16(15)19-14-8-4-10-17-12-14/h1-12H,(H,18,19). The fourth-order valence-corrected chi connectivity index (χ4v) is 1.93. The van der Waals surface area contributed by atoms with Gasteiger partial charge in [-0.05, 0) is 29.8 Å². The van der Waals surface area contributed by atoms with Crippen molar-refractivity contribution in [2.45, 2.75) is 0 Å². The van der Waals surface area contributed by atoms with Gasteiger partial charge in [-0.15, -0.1) is 0 Å². The summed E-state index contributed by atoms with van der Waals surface area (Å²) in [6.07, 6.45) is 5.32. The third-order valence-corrected chi connectivity index (χ3v) is 2.82. The molecule has 0 aliphatic carbocycles. The Kier molecular flexibility index (Phi) is 3.19. The summed E-state index contributed by atoms with van der Waals surface area (Å²) in [5.41, 5.74) is 3.15. The molecular weight excluding hydrogens is 234 g/mol. The van der Waals surface area contributed by atoms with Crippen LogP contribution in [0.5, 0.6) is 0 Å². The Hall–Kier alpha value is -2.68. The highest BCUT2D eigenvalue weighted by atomic mass is 15.0. The molecule has 3 rings (SSSR count). The first-order valence-electron chi connectivity index (χ1n) is 6.11. The van der Waals surface area contributed by atoms with Gasteiger partial charge in [-0.3, -0.25) is 4.98 Å². The van der Waals surface area contributed by atoms with E-state index in [-0.39, 0.29) is 0 Å². The van der Waals surface area contributed by atoms with Gasteiger partial charge in [-0.1, -0.05) is 30.3 Å². The smallest absolute Gasteiger partial charge is 0.138 e. The summed E-state index contributed by atoms with van der Waals surface area (Å²) in [4.78, 5) is 8.50. The minimum atomic E-state index is 0.835. The van der Waals surface area contributed by atoms with Gasteiger partial charge in [0.05, 0.1) is 11.9 Å². The van der Waals surface area contributed by atoms with E-state index in [1.165, 1.54) is 0 Å². The molecule has 2 heterocycles. The molecule has 1 aromatic carbocycles. The summed E-state index contributed by atoms with van der Waals surface area (Å²) in [5.74, 6) is 0.835. The number of nitrogens with zero attached hydrogens (tertiary/aromatic N) is 2. The summed E-state index contributed by atoms with van der Waals surface area (Å²) < 4.78 is 0. The molecule has 0 saturated heterocycles. The van der Waals surface area contributed by atoms with E-state index >= 15 is 0 Å². The quantitative estimate of drug-likeness (QED) is 0.763. The second-order valence-electron chi connectivity index (χ2n) is 4.13. The number of nitrogens with one attached hydrogen (secondary N) is 1. The molecule has 0 atom stereocenters. The number of hydrogen-bond donors (Lipinski definition) is 1. The third-order valence-electron chi connectivity index (χ3n) is 2.82. The van der Waals surface area contributed by atoms with Crippen LogP contribution in [0, 0.1) is 0 Å². The van der Waals surface area contributed by atoms with E-state index < -0.39 is 0 Å². The second kappa shape index (κ2) is 5.31. The monoisotopic (exact) mass is 247 g/mol. The summed E-state index contributed by atoms with van der Waals surface area (Å²) in [6, 6.07) is 18.1. The average molecular weight is 247 g/mol. The molecule has 0 aliphatic heterocycles. The van der Waals surface area contributed by atoms with E-state index in [4.69, 9.17) is 0 Å². The van der Waals surface area contributed by atoms with Gasteiger partial charge in [-0.2, -0.15) is 0 Å². The van der Waals surface area contributed by atoms with Gasteiger partial charge >= 0.3 is 0 Å². The fraction of sp³-hybridized carbons (Fsp3) is 0. The van der Waals surface area contributed by atoms with Crippen LogP contribution in [0.4, 0.5) is 11.5 Å². The Morgan fingerprint density at radius 1 is 0.789 bits per heavy atom. The Morgan fingerprint density at radius 3 is 2.42 bits per heavy atom. The summed E-state index contributed by atoms with van der Waals surface area (Å²) in [5, 5.41) is 3.30. The number of anilines is 2. The first-order chi connectivity index (χ1) is 9.43. The van der Waals surface area contributed by atoms with E-state index in [0.29, 0.717) is 0 Å². The van der Waals surface area contributed by atoms with Crippen LogP contribution in [0.3, 0.4) is 0 Å². The van der Waals surface area contributed by atoms with Crippen LogP contribution in [0.1, 0.15) is 0 Å². The fourth-order valence-electron chi connectivity index (χ4n) is 1.93. The van der Waals surface area contributed by atoms with Crippen LogP contribution in [0.25, 0.3) is 11.1 Å². The van der Waals surface area contributed by atoms with Crippen LogP contribution < -0.4 is 5.32 Å². The van der Waals surface area contributed by atoms with Gasteiger partial charge in [0, 0.05) is 18.0 Å². The normalized spacial score (nSPS) is 10.1. The minimum Gasteiger partial charge on any atom is -0.338 e. The number of benzene rings is 1. The Labute approximate surface area is 112 Å². The van der Waals surface area contributed by atoms with Crippen LogP contribution in [0.15, 0.2) is 73.2 Å². The Balaban J connectivity index is 1.99. The molecular formula is C16H13N3. The zero-order chi connectivity index (χ0) is 12.9. The molecule has 92 valence electrons. The van der Waals surface area contributed by atoms with Crippen molar-refractivity contribution >= 4 is 11.5 Å². The van der Waals surface area contributed by atoms with Crippen molar-refractivity contribution in [3.63, 3.8) is 0 Å². The average Bonchev–Trinajstić information content (AvgIpc) is 2.50. The molecule has 0 amide bonds. The molecule has 19 heavy (non-hydrogen) atoms. The molecule has 1 N–H and O–H groups in total. The predicted octanol–water partition coefficient (Wildman–Crippen LogP) is 3.89. The first kappa shape index (κ1) is 11.4. The minimum absolute atomic E-state index is 0.835. The van der Waals surface area contributed by atoms with Crippen molar-refractivity contribution in [1.29, 1.82) is 0 Å². The molecule has 3 heteroatoms. The molecule has 3 aromatic rings. The van der Waals surface area contributed by atoms with Crippen LogP contribution in [-0.4, -0.2) is 9.97 Å². The van der Waals surface area contributed by atoms with E-state index in [1.54, 1.807) is 18.6 Å². The van der Waals surface area contributed by atoms with Crippen molar-refractivity contribution < 1.29 is 0 Å². The highest BCUT2D eigenvalue weighted by Crippen LogP contribution is 2.27. The molecule has 0 saturated carbocycles. The van der Waals surface area contributed by atoms with Crippen molar-refractivity contribution in [3.8, 4) is 11.1 Å². The molecule has 0 fully saturated rings. The van der Waals surface area contributed by atoms with E-state index in [9.17, 15) is 0 Å². The SMILES string of the molecule is c1ccc(-c2cccnc2Nc2cccnc2)cc1. The molecule has 3 nitrogen and oxygen atoms in total. The highest BCUT2D eigenvalue weighted by Gasteiger charge is 2.05. The van der Waals surface area contributed by atoms with Crippen LogP contribution >= 0.6 is 0 Å². The molecule has 0 spiro atoms. The molecule has 0 aliphatic rings. The lowest BCUT2D eigenvalue weighted by Crippen LogP contribution is -1.96. The molecule has 0 bridgehead atoms. The van der Waals surface area contributed by atoms with Crippen molar-refractivity contribution in [2.75, 3.05) is 5.32 Å². The van der Waals surface area contributed by atoms with Gasteiger partial charge < -0.3 is 5.32 Å². The highest BCUT2D eigenvalue weighted by molar-refractivity contribution is 5.77. The van der Waals surface area contributed by atoms with Gasteiger partial charge in [-0.25, -0.2) is 4.98 Å². The molecule has 0 radical (unpaired) electrons. The van der Waals surface area contributed by atoms with Gasteiger partial charge in [0.2, 0.25) is 0 Å². The van der Waals surface area contributed by atoms with Crippen molar-refractivity contribution in [1.82, 2.24) is 9.97 Å². The number of pyridine rings is 2. The lowest BCUT2D eigenvalue weighted by molar-refractivity contribution is 1.28. The van der Waals surface area contributed by atoms with Crippen molar-refractivity contribution in [2.24, 2.45) is 0 Å². The molecule has 0 unspecified atom stereocenters. The lowest BCUT2D eigenvalue weighted by Gasteiger charge is -2.10. The maximum Gasteiger partial charge on any atom is 0.138 e. The Morgan fingerprint density at radius 2 is 1.63 bits per heavy atom. The molecule has 2 aromatic heterocycles. The lowest BCUT2D eigenvalue weighted by atomic mass is 10.1. The maximum absolute atomic E-state index is 4.41. The van der Waals surface area contributed by atoms with E-state index in [1.807, 2.05) is 36.4 Å². The number of aromatic nitrogens is 2. The number of rotatable bonds is 3. The largest absolute Gasteiger partial charge is 0.338 e. The first-order valence-corrected chi connectivity index (χ1v) is 6.11. The van der Waals surface area contributed by atoms with Gasteiger partial charge in [0.25, 0.3) is 0 Å². The maximum atomic E-state index is 4.41. The summed E-state index contributed by atoms with van der Waals surface area (Å²) in [6.45, 7) is 0. The van der Waals surface area contributed by atoms with Crippen LogP contribution in [-0.2, 0) is 0 Å². The predicted molar refractivity (Wildman–Crippen MR) is 77.2 cm³/mol. The third kappa shape index (κ3) is 2.60. The van der Waals surface area contributed by atoms with Crippen molar-refractivity contribution in [3.05, 3.63) is 73.2 Å². The Bertz CT molecular complexity index is 651. The van der Waals surface area contributed by atoms with Gasteiger partial charge in [0.15, 0.2) is 0 Å². The van der Waals surface area contributed by atoms with Gasteiger partial charge in [0.1, 0.15) is 5.82 Å².